The summed E-state index contributed by atoms with van der Waals surface area (Å²) < 4.78 is 13.3. The van der Waals surface area contributed by atoms with E-state index < -0.39 is 0 Å². The molecule has 1 saturated heterocycles. The number of nitrogens with zero attached hydrogens (tertiary/aromatic N) is 1. The van der Waals surface area contributed by atoms with Crippen molar-refractivity contribution in [2.45, 2.75) is 31.9 Å². The maximum Gasteiger partial charge on any atom is 0.254 e. The molecule has 1 aromatic carbocycles. The van der Waals surface area contributed by atoms with E-state index in [9.17, 15) is 9.18 Å². The Morgan fingerprint density at radius 1 is 1.37 bits per heavy atom. The van der Waals surface area contributed by atoms with Crippen molar-refractivity contribution >= 4 is 17.7 Å². The Kier molecular flexibility index (Phi) is 4.19. The average Bonchev–Trinajstić information content (AvgIpc) is 2.49. The molecule has 19 heavy (non-hydrogen) atoms. The van der Waals surface area contributed by atoms with Gasteiger partial charge in [0.15, 0.2) is 0 Å². The molecule has 1 aromatic rings. The molecule has 2 rings (SSSR count). The predicted octanol–water partition coefficient (Wildman–Crippen LogP) is 3.49. The van der Waals surface area contributed by atoms with Crippen molar-refractivity contribution in [1.82, 2.24) is 4.90 Å². The third-order valence-corrected chi connectivity index (χ3v) is 4.92. The van der Waals surface area contributed by atoms with E-state index in [-0.39, 0.29) is 16.5 Å². The minimum Gasteiger partial charge on any atom is -0.338 e. The molecule has 0 bridgehead atoms. The van der Waals surface area contributed by atoms with E-state index in [1.54, 1.807) is 13.0 Å². The molecule has 1 aliphatic heterocycles. The lowest BCUT2D eigenvalue weighted by molar-refractivity contribution is 0.0764. The second-order valence-electron chi connectivity index (χ2n) is 5.61. The quantitative estimate of drug-likeness (QED) is 0.785. The van der Waals surface area contributed by atoms with Crippen LogP contribution in [0, 0.1) is 12.7 Å². The highest BCUT2D eigenvalue weighted by molar-refractivity contribution is 8.00. The van der Waals surface area contributed by atoms with Crippen LogP contribution in [0.4, 0.5) is 4.39 Å². The number of rotatable bonds is 1. The van der Waals surface area contributed by atoms with E-state index in [1.165, 1.54) is 12.1 Å². The molecule has 4 heteroatoms. The van der Waals surface area contributed by atoms with Crippen LogP contribution in [-0.4, -0.2) is 34.4 Å². The van der Waals surface area contributed by atoms with E-state index in [0.29, 0.717) is 11.1 Å². The van der Waals surface area contributed by atoms with Crippen LogP contribution in [0.5, 0.6) is 0 Å². The number of amides is 1. The van der Waals surface area contributed by atoms with Gasteiger partial charge >= 0.3 is 0 Å². The summed E-state index contributed by atoms with van der Waals surface area (Å²) >= 11 is 1.91. The highest BCUT2D eigenvalue weighted by Gasteiger charge is 2.26. The van der Waals surface area contributed by atoms with Crippen LogP contribution >= 0.6 is 11.8 Å². The molecule has 1 aliphatic rings. The second-order valence-corrected chi connectivity index (χ2v) is 7.41. The normalized spacial score (nSPS) is 19.1. The van der Waals surface area contributed by atoms with Gasteiger partial charge in [0.25, 0.3) is 5.91 Å². The third-order valence-electron chi connectivity index (χ3n) is 3.54. The molecule has 1 fully saturated rings. The molecule has 104 valence electrons. The summed E-state index contributed by atoms with van der Waals surface area (Å²) in [5, 5.41) is 0. The van der Waals surface area contributed by atoms with Crippen molar-refractivity contribution in [2.75, 3.05) is 18.8 Å². The molecular weight excluding hydrogens is 261 g/mol. The van der Waals surface area contributed by atoms with Gasteiger partial charge in [0, 0.05) is 29.2 Å². The second kappa shape index (κ2) is 5.53. The molecule has 0 N–H and O–H groups in total. The molecule has 1 amide bonds. The fraction of sp³-hybridized carbons (Fsp3) is 0.533. The van der Waals surface area contributed by atoms with Gasteiger partial charge in [-0.15, -0.1) is 0 Å². The summed E-state index contributed by atoms with van der Waals surface area (Å²) in [6, 6.07) is 4.37. The Morgan fingerprint density at radius 3 is 2.79 bits per heavy atom. The summed E-state index contributed by atoms with van der Waals surface area (Å²) in [5.41, 5.74) is 1.33. The van der Waals surface area contributed by atoms with Crippen LogP contribution < -0.4 is 0 Å². The van der Waals surface area contributed by atoms with Crippen LogP contribution in [0.15, 0.2) is 18.2 Å². The molecule has 0 atom stereocenters. The van der Waals surface area contributed by atoms with Gasteiger partial charge in [-0.25, -0.2) is 4.39 Å². The van der Waals surface area contributed by atoms with Gasteiger partial charge < -0.3 is 4.90 Å². The fourth-order valence-corrected chi connectivity index (χ4v) is 3.36. The van der Waals surface area contributed by atoms with Crippen molar-refractivity contribution in [3.63, 3.8) is 0 Å². The van der Waals surface area contributed by atoms with Crippen molar-refractivity contribution < 1.29 is 9.18 Å². The first-order valence-corrected chi connectivity index (χ1v) is 7.57. The number of thioether (sulfide) groups is 1. The number of halogens is 1. The lowest BCUT2D eigenvalue weighted by Gasteiger charge is -2.23. The zero-order chi connectivity index (χ0) is 14.0. The molecule has 0 saturated carbocycles. The zero-order valence-electron chi connectivity index (χ0n) is 11.7. The minimum absolute atomic E-state index is 0.0239. The van der Waals surface area contributed by atoms with Crippen molar-refractivity contribution in [3.05, 3.63) is 35.1 Å². The molecule has 0 aliphatic carbocycles. The first-order valence-electron chi connectivity index (χ1n) is 6.58. The lowest BCUT2D eigenvalue weighted by Crippen LogP contribution is -2.34. The molecule has 0 radical (unpaired) electrons. The summed E-state index contributed by atoms with van der Waals surface area (Å²) in [4.78, 5) is 14.4. The van der Waals surface area contributed by atoms with Crippen LogP contribution in [0.2, 0.25) is 0 Å². The Balaban J connectivity index is 2.15. The first-order chi connectivity index (χ1) is 8.89. The maximum absolute atomic E-state index is 13.1. The third kappa shape index (κ3) is 3.50. The minimum atomic E-state index is -0.290. The van der Waals surface area contributed by atoms with Gasteiger partial charge in [-0.3, -0.25) is 4.79 Å². The van der Waals surface area contributed by atoms with Gasteiger partial charge in [0.2, 0.25) is 0 Å². The van der Waals surface area contributed by atoms with E-state index in [4.69, 9.17) is 0 Å². The van der Waals surface area contributed by atoms with E-state index in [2.05, 4.69) is 13.8 Å². The molecule has 0 aromatic heterocycles. The SMILES string of the molecule is Cc1cc(F)ccc1C(=O)N1CCSC(C)(C)CC1. The predicted molar refractivity (Wildman–Crippen MR) is 78.2 cm³/mol. The lowest BCUT2D eigenvalue weighted by atomic mass is 10.1. The topological polar surface area (TPSA) is 20.3 Å². The number of hydrogen-bond donors (Lipinski definition) is 0. The fourth-order valence-electron chi connectivity index (χ4n) is 2.26. The van der Waals surface area contributed by atoms with Crippen LogP contribution in [0.1, 0.15) is 36.2 Å². The molecule has 2 nitrogen and oxygen atoms in total. The Hall–Kier alpha value is -1.03. The number of carbonyl (C=O) groups is 1. The first kappa shape index (κ1) is 14.4. The van der Waals surface area contributed by atoms with Crippen LogP contribution in [0.25, 0.3) is 0 Å². The van der Waals surface area contributed by atoms with Crippen LogP contribution in [0.3, 0.4) is 0 Å². The van der Waals surface area contributed by atoms with Crippen molar-refractivity contribution in [1.29, 1.82) is 0 Å². The van der Waals surface area contributed by atoms with Gasteiger partial charge in [0.05, 0.1) is 0 Å². The van der Waals surface area contributed by atoms with Gasteiger partial charge in [0.1, 0.15) is 5.82 Å². The molecular formula is C15H20FNOS. The van der Waals surface area contributed by atoms with Crippen molar-refractivity contribution in [2.24, 2.45) is 0 Å². The van der Waals surface area contributed by atoms with Crippen molar-refractivity contribution in [3.8, 4) is 0 Å². The number of hydrogen-bond acceptors (Lipinski definition) is 2. The smallest absolute Gasteiger partial charge is 0.254 e. The zero-order valence-corrected chi connectivity index (χ0v) is 12.5. The Labute approximate surface area is 118 Å². The number of carbonyl (C=O) groups excluding carboxylic acids is 1. The van der Waals surface area contributed by atoms with E-state index in [1.807, 2.05) is 16.7 Å². The Bertz CT molecular complexity index is 487. The highest BCUT2D eigenvalue weighted by Crippen LogP contribution is 2.31. The highest BCUT2D eigenvalue weighted by atomic mass is 32.2. The van der Waals surface area contributed by atoms with E-state index in [0.717, 1.165) is 25.3 Å². The number of aryl methyl sites for hydroxylation is 1. The maximum atomic E-state index is 13.1. The summed E-state index contributed by atoms with van der Waals surface area (Å²) in [6.45, 7) is 7.76. The summed E-state index contributed by atoms with van der Waals surface area (Å²) in [6.07, 6.45) is 0.990. The van der Waals surface area contributed by atoms with Crippen LogP contribution in [-0.2, 0) is 0 Å². The monoisotopic (exact) mass is 281 g/mol. The summed E-state index contributed by atoms with van der Waals surface area (Å²) in [7, 11) is 0. The standard InChI is InChI=1S/C15H20FNOS/c1-11-10-12(16)4-5-13(11)14(18)17-7-6-15(2,3)19-9-8-17/h4-5,10H,6-9H2,1-3H3. The molecule has 0 unspecified atom stereocenters. The number of benzene rings is 1. The van der Waals surface area contributed by atoms with E-state index >= 15 is 0 Å². The Morgan fingerprint density at radius 2 is 2.11 bits per heavy atom. The average molecular weight is 281 g/mol. The molecule has 0 spiro atoms. The largest absolute Gasteiger partial charge is 0.338 e. The van der Waals surface area contributed by atoms with Gasteiger partial charge in [-0.05, 0) is 37.1 Å². The van der Waals surface area contributed by atoms with Gasteiger partial charge in [-0.1, -0.05) is 13.8 Å². The summed E-state index contributed by atoms with van der Waals surface area (Å²) in [5.74, 6) is 0.691. The van der Waals surface area contributed by atoms with Gasteiger partial charge in [-0.2, -0.15) is 11.8 Å². The molecule has 1 heterocycles.